The minimum Gasteiger partial charge on any atom is -0.370 e. The molecule has 25 heavy (non-hydrogen) atoms. The zero-order valence-electron chi connectivity index (χ0n) is 14.3. The van der Waals surface area contributed by atoms with E-state index in [2.05, 4.69) is 58.5 Å². The highest BCUT2D eigenvalue weighted by molar-refractivity contribution is 9.10. The molecule has 1 N–H and O–H groups in total. The quantitative estimate of drug-likeness (QED) is 0.504. The van der Waals surface area contributed by atoms with Gasteiger partial charge in [-0.1, -0.05) is 22.0 Å². The molecule has 0 aromatic heterocycles. The molecule has 0 saturated carbocycles. The molecule has 1 aliphatic rings. The van der Waals surface area contributed by atoms with E-state index in [4.69, 9.17) is 0 Å². The van der Waals surface area contributed by atoms with Crippen molar-refractivity contribution >= 4 is 33.5 Å². The number of nitrogens with zero attached hydrogens (tertiary/aromatic N) is 1. The molecular formula is C20H22BrFN2S. The van der Waals surface area contributed by atoms with E-state index < -0.39 is 0 Å². The molecule has 0 saturated heterocycles. The first-order chi connectivity index (χ1) is 12.1. The van der Waals surface area contributed by atoms with Crippen LogP contribution in [0.1, 0.15) is 23.1 Å². The maximum Gasteiger partial charge on any atom is 0.129 e. The number of nitrogens with one attached hydrogen (secondary N) is 1. The number of hydrogen-bond donors (Lipinski definition) is 1. The molecule has 0 bridgehead atoms. The van der Waals surface area contributed by atoms with Gasteiger partial charge in [0.15, 0.2) is 0 Å². The first-order valence-corrected chi connectivity index (χ1v) is 9.87. The first kappa shape index (κ1) is 19.7. The van der Waals surface area contributed by atoms with Crippen LogP contribution in [0.3, 0.4) is 0 Å². The predicted octanol–water partition coefficient (Wildman–Crippen LogP) is 5.73. The molecule has 0 unspecified atom stereocenters. The number of rotatable bonds is 4. The third-order valence-electron chi connectivity index (χ3n) is 3.79. The summed E-state index contributed by atoms with van der Waals surface area (Å²) in [6.45, 7) is 9.80. The molecule has 0 fully saturated rings. The van der Waals surface area contributed by atoms with E-state index in [1.807, 2.05) is 12.1 Å². The molecule has 0 spiro atoms. The van der Waals surface area contributed by atoms with Gasteiger partial charge in [0, 0.05) is 33.8 Å². The number of aryl methyl sites for hydroxylation is 1. The van der Waals surface area contributed by atoms with Crippen molar-refractivity contribution in [2.45, 2.75) is 24.0 Å². The van der Waals surface area contributed by atoms with Gasteiger partial charge in [0.1, 0.15) is 11.7 Å². The molecule has 0 aliphatic carbocycles. The van der Waals surface area contributed by atoms with Crippen LogP contribution in [-0.4, -0.2) is 18.9 Å². The zero-order chi connectivity index (χ0) is 18.2. The Bertz CT molecular complexity index is 761. The summed E-state index contributed by atoms with van der Waals surface area (Å²) in [6, 6.07) is 11.2. The summed E-state index contributed by atoms with van der Waals surface area (Å²) in [5.41, 5.74) is 3.40. The van der Waals surface area contributed by atoms with E-state index in [1.54, 1.807) is 17.8 Å². The molecule has 1 aliphatic heterocycles. The van der Waals surface area contributed by atoms with E-state index in [-0.39, 0.29) is 5.82 Å². The van der Waals surface area contributed by atoms with Gasteiger partial charge in [-0.25, -0.2) is 4.39 Å². The van der Waals surface area contributed by atoms with E-state index in [0.717, 1.165) is 46.0 Å². The summed E-state index contributed by atoms with van der Waals surface area (Å²) in [5, 5.41) is 3.28. The Morgan fingerprint density at radius 1 is 1.24 bits per heavy atom. The van der Waals surface area contributed by atoms with Crippen LogP contribution in [0, 0.1) is 12.7 Å². The van der Waals surface area contributed by atoms with Crippen LogP contribution in [0.4, 0.5) is 4.39 Å². The van der Waals surface area contributed by atoms with Gasteiger partial charge in [-0.3, -0.25) is 4.99 Å². The second kappa shape index (κ2) is 9.78. The molecule has 2 nitrogen and oxygen atoms in total. The third-order valence-corrected chi connectivity index (χ3v) is 5.40. The number of benzene rings is 2. The van der Waals surface area contributed by atoms with E-state index >= 15 is 0 Å². The van der Waals surface area contributed by atoms with Crippen molar-refractivity contribution < 1.29 is 4.39 Å². The predicted molar refractivity (Wildman–Crippen MR) is 110 cm³/mol. The average Bonchev–Trinajstić information content (AvgIpc) is 2.65. The molecule has 2 aromatic carbocycles. The Kier molecular flexibility index (Phi) is 7.72. The van der Waals surface area contributed by atoms with Crippen molar-refractivity contribution in [3.8, 4) is 0 Å². The highest BCUT2D eigenvalue weighted by Crippen LogP contribution is 2.29. The smallest absolute Gasteiger partial charge is 0.129 e. The normalized spacial score (nSPS) is 13.3. The molecule has 5 heteroatoms. The fourth-order valence-corrected chi connectivity index (χ4v) is 3.98. The van der Waals surface area contributed by atoms with Crippen LogP contribution in [0.25, 0.3) is 0 Å². The number of amidine groups is 1. The maximum absolute atomic E-state index is 13.7. The van der Waals surface area contributed by atoms with Gasteiger partial charge in [-0.2, -0.15) is 0 Å². The van der Waals surface area contributed by atoms with Crippen molar-refractivity contribution in [2.75, 3.05) is 13.1 Å². The molecule has 0 radical (unpaired) electrons. The van der Waals surface area contributed by atoms with Gasteiger partial charge in [-0.05, 0) is 54.8 Å². The van der Waals surface area contributed by atoms with Crippen molar-refractivity contribution in [1.82, 2.24) is 5.32 Å². The highest BCUT2D eigenvalue weighted by Gasteiger charge is 2.14. The van der Waals surface area contributed by atoms with Gasteiger partial charge >= 0.3 is 0 Å². The van der Waals surface area contributed by atoms with Gasteiger partial charge < -0.3 is 5.32 Å². The summed E-state index contributed by atoms with van der Waals surface area (Å²) >= 11 is 5.24. The minimum atomic E-state index is -0.224. The van der Waals surface area contributed by atoms with Crippen LogP contribution < -0.4 is 5.32 Å². The van der Waals surface area contributed by atoms with Crippen LogP contribution >= 0.6 is 27.7 Å². The van der Waals surface area contributed by atoms with E-state index in [9.17, 15) is 4.39 Å². The monoisotopic (exact) mass is 420 g/mol. The number of hydrogen-bond acceptors (Lipinski definition) is 3. The minimum absolute atomic E-state index is 0.224. The number of aliphatic imine (C=N–C) groups is 1. The lowest BCUT2D eigenvalue weighted by Gasteiger charge is -2.17. The van der Waals surface area contributed by atoms with Gasteiger partial charge in [0.05, 0.1) is 0 Å². The zero-order valence-corrected chi connectivity index (χ0v) is 16.7. The lowest BCUT2D eigenvalue weighted by atomic mass is 10.1. The van der Waals surface area contributed by atoms with Crippen LogP contribution in [-0.2, 0) is 5.75 Å². The van der Waals surface area contributed by atoms with Crippen molar-refractivity contribution in [2.24, 2.45) is 4.99 Å². The summed E-state index contributed by atoms with van der Waals surface area (Å²) < 4.78 is 14.8. The summed E-state index contributed by atoms with van der Waals surface area (Å²) in [6.07, 6.45) is 1.03. The van der Waals surface area contributed by atoms with Crippen molar-refractivity contribution in [3.05, 3.63) is 76.5 Å². The van der Waals surface area contributed by atoms with Gasteiger partial charge in [0.25, 0.3) is 0 Å². The van der Waals surface area contributed by atoms with Crippen LogP contribution in [0.5, 0.6) is 0 Å². The standard InChI is InChI=1S/C18H18BrFN2S.C2H4/c1-12-3-4-14(19)9-13(12)11-23-17-6-5-15(20)10-16(17)18-21-7-2-8-22-18;1-2/h3-6,9-10H,2,7-8,11H2,1H3,(H,21,22);1-2H2. The average molecular weight is 421 g/mol. The molecule has 2 aromatic rings. The topological polar surface area (TPSA) is 24.4 Å². The third kappa shape index (κ3) is 5.44. The Balaban J connectivity index is 0.00000109. The van der Waals surface area contributed by atoms with Crippen LogP contribution in [0.2, 0.25) is 0 Å². The Morgan fingerprint density at radius 2 is 2.04 bits per heavy atom. The molecule has 132 valence electrons. The SMILES string of the molecule is C=C.Cc1ccc(Br)cc1CSc1ccc(F)cc1C1=NCCCN1. The van der Waals surface area contributed by atoms with Crippen LogP contribution in [0.15, 0.2) is 63.9 Å². The van der Waals surface area contributed by atoms with Gasteiger partial charge in [0.2, 0.25) is 0 Å². The van der Waals surface area contributed by atoms with E-state index in [0.29, 0.717) is 0 Å². The second-order valence-electron chi connectivity index (χ2n) is 5.51. The summed E-state index contributed by atoms with van der Waals surface area (Å²) in [5.74, 6) is 1.43. The number of thioether (sulfide) groups is 1. The molecule has 0 amide bonds. The Morgan fingerprint density at radius 3 is 2.76 bits per heavy atom. The number of halogens is 2. The maximum atomic E-state index is 13.7. The fraction of sp³-hybridized carbons (Fsp3) is 0.250. The second-order valence-corrected chi connectivity index (χ2v) is 7.44. The Hall–Kier alpha value is -1.59. The van der Waals surface area contributed by atoms with E-state index in [1.165, 1.54) is 17.2 Å². The van der Waals surface area contributed by atoms with Crippen molar-refractivity contribution in [3.63, 3.8) is 0 Å². The molecule has 3 rings (SSSR count). The highest BCUT2D eigenvalue weighted by atomic mass is 79.9. The first-order valence-electron chi connectivity index (χ1n) is 8.09. The molecular weight excluding hydrogens is 399 g/mol. The molecule has 1 heterocycles. The lowest BCUT2D eigenvalue weighted by Crippen LogP contribution is -2.30. The van der Waals surface area contributed by atoms with Crippen molar-refractivity contribution in [1.29, 1.82) is 0 Å². The lowest BCUT2D eigenvalue weighted by molar-refractivity contribution is 0.625. The summed E-state index contributed by atoms with van der Waals surface area (Å²) in [4.78, 5) is 5.56. The molecule has 0 atom stereocenters. The Labute approximate surface area is 161 Å². The van der Waals surface area contributed by atoms with Gasteiger partial charge in [-0.15, -0.1) is 24.9 Å². The fourth-order valence-electron chi connectivity index (χ4n) is 2.48. The summed E-state index contributed by atoms with van der Waals surface area (Å²) in [7, 11) is 0. The largest absolute Gasteiger partial charge is 0.370 e.